The Labute approximate surface area is 173 Å². The molecule has 1 aliphatic carbocycles. The quantitative estimate of drug-likeness (QED) is 0.634. The van der Waals surface area contributed by atoms with Crippen LogP contribution in [0.5, 0.6) is 0 Å². The lowest BCUT2D eigenvalue weighted by atomic mass is 9.63. The van der Waals surface area contributed by atoms with Gasteiger partial charge in [-0.05, 0) is 53.7 Å². The predicted molar refractivity (Wildman–Crippen MR) is 117 cm³/mol. The molecule has 0 unspecified atom stereocenters. The molecule has 1 aromatic heterocycles. The van der Waals surface area contributed by atoms with Gasteiger partial charge in [0.2, 0.25) is 5.91 Å². The van der Waals surface area contributed by atoms with Crippen molar-refractivity contribution in [3.8, 4) is 10.6 Å². The Bertz CT molecular complexity index is 888. The summed E-state index contributed by atoms with van der Waals surface area (Å²) in [6.45, 7) is 12.9. The van der Waals surface area contributed by atoms with E-state index >= 15 is 0 Å². The van der Waals surface area contributed by atoms with E-state index in [1.54, 1.807) is 18.3 Å². The fourth-order valence-corrected chi connectivity index (χ4v) is 5.72. The third-order valence-corrected chi connectivity index (χ3v) is 7.89. The van der Waals surface area contributed by atoms with Gasteiger partial charge in [0.15, 0.2) is 0 Å². The number of carbonyl (C=O) groups is 1. The molecular weight excluding hydrogens is 364 g/mol. The third kappa shape index (κ3) is 3.52. The zero-order valence-electron chi connectivity index (χ0n) is 17.8. The molecule has 0 radical (unpaired) electrons. The van der Waals surface area contributed by atoms with Gasteiger partial charge in [0.05, 0.1) is 5.69 Å². The molecule has 0 saturated carbocycles. The van der Waals surface area contributed by atoms with Gasteiger partial charge in [-0.25, -0.2) is 4.98 Å². The maximum Gasteiger partial charge on any atom is 0.219 e. The number of likely N-dealkylation sites (tertiary alicyclic amines) is 1. The van der Waals surface area contributed by atoms with Gasteiger partial charge in [0.25, 0.3) is 0 Å². The molecule has 1 fully saturated rings. The molecule has 28 heavy (non-hydrogen) atoms. The Balaban J connectivity index is 1.59. The Morgan fingerprint density at radius 3 is 2.36 bits per heavy atom. The largest absolute Gasteiger partial charge is 0.343 e. The summed E-state index contributed by atoms with van der Waals surface area (Å²) in [5.74, 6) is 0.672. The highest BCUT2D eigenvalue weighted by Crippen LogP contribution is 2.47. The lowest BCUT2D eigenvalue weighted by molar-refractivity contribution is -0.129. The monoisotopic (exact) mass is 396 g/mol. The number of rotatable bonds is 2. The minimum Gasteiger partial charge on any atom is -0.343 e. The lowest BCUT2D eigenvalue weighted by Crippen LogP contribution is -2.36. The number of piperidine rings is 1. The van der Waals surface area contributed by atoms with E-state index in [9.17, 15) is 4.79 Å². The summed E-state index contributed by atoms with van der Waals surface area (Å²) in [5.41, 5.74) is 5.93. The van der Waals surface area contributed by atoms with E-state index in [1.165, 1.54) is 35.2 Å². The average Bonchev–Trinajstić information content (AvgIpc) is 3.15. The van der Waals surface area contributed by atoms with Crippen LogP contribution in [0.4, 0.5) is 0 Å². The van der Waals surface area contributed by atoms with Gasteiger partial charge in [-0.3, -0.25) is 4.79 Å². The van der Waals surface area contributed by atoms with Crippen LogP contribution < -0.4 is 0 Å². The van der Waals surface area contributed by atoms with Gasteiger partial charge in [-0.2, -0.15) is 0 Å². The maximum absolute atomic E-state index is 11.6. The average molecular weight is 397 g/mol. The maximum atomic E-state index is 11.6. The van der Waals surface area contributed by atoms with Gasteiger partial charge >= 0.3 is 0 Å². The highest BCUT2D eigenvalue weighted by atomic mass is 32.1. The van der Waals surface area contributed by atoms with Crippen LogP contribution in [0.25, 0.3) is 10.6 Å². The smallest absolute Gasteiger partial charge is 0.219 e. The van der Waals surface area contributed by atoms with E-state index in [-0.39, 0.29) is 16.7 Å². The molecule has 150 valence electrons. The van der Waals surface area contributed by atoms with E-state index < -0.39 is 0 Å². The van der Waals surface area contributed by atoms with Gasteiger partial charge in [-0.15, -0.1) is 11.3 Å². The van der Waals surface area contributed by atoms with Crippen LogP contribution in [0.15, 0.2) is 23.6 Å². The highest BCUT2D eigenvalue weighted by molar-refractivity contribution is 7.13. The number of hydrogen-bond acceptors (Lipinski definition) is 3. The van der Waals surface area contributed by atoms with Crippen molar-refractivity contribution in [3.05, 3.63) is 40.4 Å². The molecule has 0 bridgehead atoms. The summed E-state index contributed by atoms with van der Waals surface area (Å²) in [5, 5.41) is 3.36. The minimum absolute atomic E-state index is 0.192. The van der Waals surface area contributed by atoms with Crippen LogP contribution in [0.1, 0.15) is 83.0 Å². The number of amides is 1. The first-order valence-corrected chi connectivity index (χ1v) is 11.4. The molecule has 4 rings (SSSR count). The SMILES string of the molecule is CC(=O)N1CCC(c2csc(-c3ccc4c(c3)C(C)(C)CCC4(C)C)n2)CC1. The molecule has 1 aliphatic heterocycles. The standard InChI is InChI=1S/C24H32N2OS/c1-16(27)26-12-8-17(9-13-26)21-15-28-22(25-21)18-6-7-19-20(14-18)24(4,5)11-10-23(19,2)3/h6-7,14-15,17H,8-13H2,1-5H3. The van der Waals surface area contributed by atoms with Gasteiger partial charge < -0.3 is 4.90 Å². The molecule has 0 spiro atoms. The summed E-state index contributed by atoms with van der Waals surface area (Å²) < 4.78 is 0. The van der Waals surface area contributed by atoms with E-state index in [0.29, 0.717) is 5.92 Å². The normalized spacial score (nSPS) is 21.4. The molecule has 1 aromatic carbocycles. The molecule has 2 aliphatic rings. The van der Waals surface area contributed by atoms with Crippen molar-refractivity contribution in [2.75, 3.05) is 13.1 Å². The summed E-state index contributed by atoms with van der Waals surface area (Å²) in [4.78, 5) is 18.5. The number of fused-ring (bicyclic) bond motifs is 1. The molecule has 2 heterocycles. The number of nitrogens with zero attached hydrogens (tertiary/aromatic N) is 2. The first-order valence-electron chi connectivity index (χ1n) is 10.5. The molecule has 0 N–H and O–H groups in total. The molecular formula is C24H32N2OS. The van der Waals surface area contributed by atoms with Crippen LogP contribution in [-0.4, -0.2) is 28.9 Å². The van der Waals surface area contributed by atoms with Crippen molar-refractivity contribution >= 4 is 17.2 Å². The molecule has 4 heteroatoms. The van der Waals surface area contributed by atoms with Gasteiger partial charge in [0, 0.05) is 36.9 Å². The zero-order chi connectivity index (χ0) is 20.1. The lowest BCUT2D eigenvalue weighted by Gasteiger charge is -2.42. The van der Waals surface area contributed by atoms with E-state index in [0.717, 1.165) is 30.9 Å². The summed E-state index contributed by atoms with van der Waals surface area (Å²) in [7, 11) is 0. The summed E-state index contributed by atoms with van der Waals surface area (Å²) in [6.07, 6.45) is 4.52. The number of aromatic nitrogens is 1. The Morgan fingerprint density at radius 1 is 1.07 bits per heavy atom. The zero-order valence-corrected chi connectivity index (χ0v) is 18.7. The second kappa shape index (κ2) is 6.98. The van der Waals surface area contributed by atoms with Crippen molar-refractivity contribution in [1.29, 1.82) is 0 Å². The predicted octanol–water partition coefficient (Wildman–Crippen LogP) is 5.89. The van der Waals surface area contributed by atoms with Crippen molar-refractivity contribution in [2.45, 2.75) is 77.0 Å². The van der Waals surface area contributed by atoms with Crippen molar-refractivity contribution in [2.24, 2.45) is 0 Å². The van der Waals surface area contributed by atoms with Crippen LogP contribution >= 0.6 is 11.3 Å². The second-order valence-corrected chi connectivity index (χ2v) is 10.7. The first-order chi connectivity index (χ1) is 13.2. The Hall–Kier alpha value is -1.68. The van der Waals surface area contributed by atoms with Crippen molar-refractivity contribution in [3.63, 3.8) is 0 Å². The van der Waals surface area contributed by atoms with Crippen LogP contribution in [0, 0.1) is 0 Å². The summed E-state index contributed by atoms with van der Waals surface area (Å²) >= 11 is 1.76. The van der Waals surface area contributed by atoms with Crippen molar-refractivity contribution < 1.29 is 4.79 Å². The Morgan fingerprint density at radius 2 is 1.71 bits per heavy atom. The topological polar surface area (TPSA) is 33.2 Å². The van der Waals surface area contributed by atoms with Gasteiger partial charge in [-0.1, -0.05) is 39.8 Å². The second-order valence-electron chi connectivity index (χ2n) is 9.89. The number of benzene rings is 1. The molecule has 1 saturated heterocycles. The number of carbonyl (C=O) groups excluding carboxylic acids is 1. The fourth-order valence-electron chi connectivity index (χ4n) is 4.82. The number of thiazole rings is 1. The molecule has 2 aromatic rings. The first kappa shape index (κ1) is 19.6. The van der Waals surface area contributed by atoms with E-state index in [2.05, 4.69) is 51.3 Å². The molecule has 1 amide bonds. The van der Waals surface area contributed by atoms with Gasteiger partial charge in [0.1, 0.15) is 5.01 Å². The van der Waals surface area contributed by atoms with Crippen LogP contribution in [0.3, 0.4) is 0 Å². The number of hydrogen-bond donors (Lipinski definition) is 0. The Kier molecular flexibility index (Phi) is 4.89. The minimum atomic E-state index is 0.192. The fraction of sp³-hybridized carbons (Fsp3) is 0.583. The summed E-state index contributed by atoms with van der Waals surface area (Å²) in [6, 6.07) is 7.01. The molecule has 0 atom stereocenters. The van der Waals surface area contributed by atoms with E-state index in [1.807, 2.05) is 4.90 Å². The molecule has 3 nitrogen and oxygen atoms in total. The van der Waals surface area contributed by atoms with Crippen molar-refractivity contribution in [1.82, 2.24) is 9.88 Å². The third-order valence-electron chi connectivity index (χ3n) is 6.98. The van der Waals surface area contributed by atoms with E-state index in [4.69, 9.17) is 4.98 Å². The van der Waals surface area contributed by atoms with Crippen LogP contribution in [0.2, 0.25) is 0 Å². The van der Waals surface area contributed by atoms with Crippen LogP contribution in [-0.2, 0) is 15.6 Å². The highest BCUT2D eigenvalue weighted by Gasteiger charge is 2.37.